The van der Waals surface area contributed by atoms with E-state index in [2.05, 4.69) is 20.3 Å². The van der Waals surface area contributed by atoms with Crippen LogP contribution in [-0.2, 0) is 13.0 Å². The molecule has 4 aliphatic carbocycles. The van der Waals surface area contributed by atoms with Crippen molar-refractivity contribution in [3.05, 3.63) is 46.6 Å². The molecule has 5 aliphatic rings. The van der Waals surface area contributed by atoms with Crippen LogP contribution in [-0.4, -0.2) is 38.8 Å². The monoisotopic (exact) mass is 437 g/mol. The number of fused-ring (bicyclic) bond motifs is 1. The van der Waals surface area contributed by atoms with Crippen LogP contribution in [0.2, 0.25) is 5.15 Å². The number of pyridine rings is 1. The summed E-state index contributed by atoms with van der Waals surface area (Å²) in [7, 11) is 0. The Bertz CT molecular complexity index is 989. The molecule has 2 aromatic rings. The van der Waals surface area contributed by atoms with Gasteiger partial charge in [-0.3, -0.25) is 4.79 Å². The molecule has 7 rings (SSSR count). The van der Waals surface area contributed by atoms with E-state index in [-0.39, 0.29) is 11.1 Å². The first kappa shape index (κ1) is 19.5. The molecule has 6 nitrogen and oxygen atoms in total. The number of anilines is 1. The molecule has 2 aromatic heterocycles. The van der Waals surface area contributed by atoms with Gasteiger partial charge in [-0.15, -0.1) is 0 Å². The first-order valence-electron chi connectivity index (χ1n) is 11.5. The normalized spacial score (nSPS) is 30.9. The number of nitrogens with zero attached hydrogens (tertiary/aromatic N) is 4. The van der Waals surface area contributed by atoms with E-state index in [1.807, 2.05) is 0 Å². The highest BCUT2D eigenvalue weighted by Gasteiger charge is 2.50. The molecule has 0 atom stereocenters. The lowest BCUT2D eigenvalue weighted by Crippen LogP contribution is -2.49. The van der Waals surface area contributed by atoms with E-state index in [1.54, 1.807) is 29.6 Å². The summed E-state index contributed by atoms with van der Waals surface area (Å²) in [5.41, 5.74) is 3.00. The van der Waals surface area contributed by atoms with Gasteiger partial charge >= 0.3 is 0 Å². The van der Waals surface area contributed by atoms with E-state index >= 15 is 0 Å². The molecule has 0 spiro atoms. The van der Waals surface area contributed by atoms with Crippen LogP contribution in [0.1, 0.15) is 60.1 Å². The number of amides is 1. The summed E-state index contributed by atoms with van der Waals surface area (Å²) in [4.78, 5) is 27.9. The molecule has 4 fully saturated rings. The average Bonchev–Trinajstić information content (AvgIpc) is 2.76. The van der Waals surface area contributed by atoms with Gasteiger partial charge in [0.05, 0.1) is 17.8 Å². The molecule has 1 N–H and O–H groups in total. The van der Waals surface area contributed by atoms with Crippen LogP contribution in [0, 0.1) is 23.2 Å². The van der Waals surface area contributed by atoms with E-state index in [1.165, 1.54) is 38.5 Å². The first-order valence-corrected chi connectivity index (χ1v) is 11.9. The molecule has 0 unspecified atom stereocenters. The summed E-state index contributed by atoms with van der Waals surface area (Å²) in [6.07, 6.45) is 12.5. The highest BCUT2D eigenvalue weighted by atomic mass is 35.5. The lowest BCUT2D eigenvalue weighted by atomic mass is 9.49. The van der Waals surface area contributed by atoms with Crippen molar-refractivity contribution < 1.29 is 4.79 Å². The lowest BCUT2D eigenvalue weighted by molar-refractivity contribution is -0.0444. The minimum Gasteiger partial charge on any atom is -0.369 e. The number of halogens is 1. The summed E-state index contributed by atoms with van der Waals surface area (Å²) in [6, 6.07) is 3.47. The standard InChI is InChI=1S/C24H28ClN5O/c25-21-19(2-1-4-26-21)23(31)30-5-3-18-20(12-30)28-14-29-22(18)27-13-24-9-15-6-16(10-24)8-17(7-15)11-24/h1-2,4,14-17H,3,5-13H2,(H,27,28,29). The molecule has 162 valence electrons. The Morgan fingerprint density at radius 1 is 1.13 bits per heavy atom. The fraction of sp³-hybridized carbons (Fsp3) is 0.583. The highest BCUT2D eigenvalue weighted by Crippen LogP contribution is 2.59. The predicted octanol–water partition coefficient (Wildman–Crippen LogP) is 4.35. The van der Waals surface area contributed by atoms with Gasteiger partial charge in [-0.25, -0.2) is 15.0 Å². The topological polar surface area (TPSA) is 71.0 Å². The van der Waals surface area contributed by atoms with Gasteiger partial charge in [0.25, 0.3) is 5.91 Å². The zero-order valence-electron chi connectivity index (χ0n) is 17.7. The van der Waals surface area contributed by atoms with Crippen LogP contribution in [0.4, 0.5) is 5.82 Å². The third kappa shape index (κ3) is 3.49. The molecule has 1 aliphatic heterocycles. The summed E-state index contributed by atoms with van der Waals surface area (Å²) in [5, 5.41) is 3.98. The second kappa shape index (κ2) is 7.44. The van der Waals surface area contributed by atoms with Crippen molar-refractivity contribution in [3.63, 3.8) is 0 Å². The summed E-state index contributed by atoms with van der Waals surface area (Å²) >= 11 is 6.14. The third-order valence-corrected chi connectivity index (χ3v) is 8.38. The third-order valence-electron chi connectivity index (χ3n) is 8.08. The predicted molar refractivity (Wildman–Crippen MR) is 119 cm³/mol. The van der Waals surface area contributed by atoms with Crippen LogP contribution < -0.4 is 5.32 Å². The molecule has 4 saturated carbocycles. The molecular formula is C24H28ClN5O. The zero-order chi connectivity index (χ0) is 21.0. The van der Waals surface area contributed by atoms with Crippen molar-refractivity contribution in [1.29, 1.82) is 0 Å². The maximum Gasteiger partial charge on any atom is 0.257 e. The number of hydrogen-bond donors (Lipinski definition) is 1. The maximum atomic E-state index is 12.9. The zero-order valence-corrected chi connectivity index (χ0v) is 18.4. The molecule has 0 saturated heterocycles. The van der Waals surface area contributed by atoms with Crippen LogP contribution in [0.5, 0.6) is 0 Å². The Balaban J connectivity index is 1.17. The number of aromatic nitrogens is 3. The molecule has 0 radical (unpaired) electrons. The smallest absolute Gasteiger partial charge is 0.257 e. The van der Waals surface area contributed by atoms with Gasteiger partial charge in [-0.05, 0) is 80.2 Å². The van der Waals surface area contributed by atoms with Crippen molar-refractivity contribution in [3.8, 4) is 0 Å². The van der Waals surface area contributed by atoms with Crippen molar-refractivity contribution in [2.24, 2.45) is 23.2 Å². The van der Waals surface area contributed by atoms with Crippen molar-refractivity contribution >= 4 is 23.3 Å². The number of rotatable bonds is 4. The molecule has 4 bridgehead atoms. The fourth-order valence-corrected chi connectivity index (χ4v) is 7.37. The molecule has 0 aromatic carbocycles. The Morgan fingerprint density at radius 2 is 1.87 bits per heavy atom. The molecule has 31 heavy (non-hydrogen) atoms. The van der Waals surface area contributed by atoms with Gasteiger partial charge in [0.15, 0.2) is 0 Å². The molecule has 3 heterocycles. The van der Waals surface area contributed by atoms with E-state index in [4.69, 9.17) is 11.6 Å². The van der Waals surface area contributed by atoms with Crippen molar-refractivity contribution in [2.75, 3.05) is 18.4 Å². The van der Waals surface area contributed by atoms with Gasteiger partial charge in [-0.2, -0.15) is 0 Å². The Kier molecular flexibility index (Phi) is 4.67. The van der Waals surface area contributed by atoms with Crippen LogP contribution in [0.3, 0.4) is 0 Å². The minimum absolute atomic E-state index is 0.0922. The van der Waals surface area contributed by atoms with E-state index in [0.717, 1.165) is 47.8 Å². The second-order valence-corrected chi connectivity index (χ2v) is 10.6. The minimum atomic E-state index is -0.0922. The SMILES string of the molecule is O=C(c1cccnc1Cl)N1CCc2c(ncnc2NCC23CC4CC(CC(C4)C2)C3)C1. The number of carbonyl (C=O) groups excluding carboxylic acids is 1. The van der Waals surface area contributed by atoms with Gasteiger partial charge < -0.3 is 10.2 Å². The number of nitrogens with one attached hydrogen (secondary N) is 1. The number of hydrogen-bond acceptors (Lipinski definition) is 5. The van der Waals surface area contributed by atoms with Gasteiger partial charge in [0, 0.05) is 24.8 Å². The largest absolute Gasteiger partial charge is 0.369 e. The fourth-order valence-electron chi connectivity index (χ4n) is 7.17. The van der Waals surface area contributed by atoms with Crippen LogP contribution >= 0.6 is 11.6 Å². The highest BCUT2D eigenvalue weighted by molar-refractivity contribution is 6.32. The van der Waals surface area contributed by atoms with Crippen molar-refractivity contribution in [2.45, 2.75) is 51.5 Å². The number of carbonyl (C=O) groups is 1. The summed E-state index contributed by atoms with van der Waals surface area (Å²) in [6.45, 7) is 2.14. The Hall–Kier alpha value is -2.21. The van der Waals surface area contributed by atoms with E-state index in [0.29, 0.717) is 24.1 Å². The summed E-state index contributed by atoms with van der Waals surface area (Å²) in [5.74, 6) is 3.72. The van der Waals surface area contributed by atoms with Crippen molar-refractivity contribution in [1.82, 2.24) is 19.9 Å². The molecular weight excluding hydrogens is 410 g/mol. The Morgan fingerprint density at radius 3 is 2.58 bits per heavy atom. The maximum absolute atomic E-state index is 12.9. The summed E-state index contributed by atoms with van der Waals surface area (Å²) < 4.78 is 0. The van der Waals surface area contributed by atoms with Crippen LogP contribution in [0.15, 0.2) is 24.7 Å². The Labute approximate surface area is 187 Å². The van der Waals surface area contributed by atoms with Crippen LogP contribution in [0.25, 0.3) is 0 Å². The van der Waals surface area contributed by atoms with E-state index < -0.39 is 0 Å². The molecule has 1 amide bonds. The average molecular weight is 438 g/mol. The first-order chi connectivity index (χ1) is 15.1. The van der Waals surface area contributed by atoms with Gasteiger partial charge in [0.1, 0.15) is 17.3 Å². The quantitative estimate of drug-likeness (QED) is 0.720. The van der Waals surface area contributed by atoms with E-state index in [9.17, 15) is 4.79 Å². The molecule has 7 heteroatoms. The van der Waals surface area contributed by atoms with Gasteiger partial charge in [-0.1, -0.05) is 11.6 Å². The van der Waals surface area contributed by atoms with Gasteiger partial charge in [0.2, 0.25) is 0 Å². The lowest BCUT2D eigenvalue weighted by Gasteiger charge is -2.57. The second-order valence-electron chi connectivity index (χ2n) is 10.2.